The minimum absolute atomic E-state index is 0.0730. The number of rotatable bonds is 3. The Morgan fingerprint density at radius 3 is 2.61 bits per heavy atom. The van der Waals surface area contributed by atoms with Crippen molar-refractivity contribution < 1.29 is 22.7 Å². The number of carbonyl (C=O) groups excluding carboxylic acids is 2. The molecule has 0 radical (unpaired) electrons. The number of allylic oxidation sites excluding steroid dienone is 1. The summed E-state index contributed by atoms with van der Waals surface area (Å²) < 4.78 is 29.4. The third-order valence-electron chi connectivity index (χ3n) is 9.52. The normalized spacial score (nSPS) is 38.0. The van der Waals surface area contributed by atoms with Crippen molar-refractivity contribution in [1.29, 1.82) is 0 Å². The van der Waals surface area contributed by atoms with E-state index in [-0.39, 0.29) is 33.2 Å². The lowest BCUT2D eigenvalue weighted by atomic mass is 9.47. The highest BCUT2D eigenvalue weighted by molar-refractivity contribution is 7.89. The van der Waals surface area contributed by atoms with Crippen LogP contribution in [0.3, 0.4) is 0 Å². The summed E-state index contributed by atoms with van der Waals surface area (Å²) in [6.07, 6.45) is 9.46. The van der Waals surface area contributed by atoms with Crippen molar-refractivity contribution >= 4 is 21.8 Å². The van der Waals surface area contributed by atoms with E-state index in [1.807, 2.05) is 6.08 Å². The predicted octanol–water partition coefficient (Wildman–Crippen LogP) is 4.39. The quantitative estimate of drug-likeness (QED) is 0.659. The van der Waals surface area contributed by atoms with Crippen molar-refractivity contribution in [2.24, 2.45) is 33.7 Å². The van der Waals surface area contributed by atoms with Gasteiger partial charge in [0.1, 0.15) is 6.10 Å². The molecule has 0 heterocycles. The molecule has 0 aliphatic heterocycles. The van der Waals surface area contributed by atoms with Crippen LogP contribution in [0.2, 0.25) is 0 Å². The van der Waals surface area contributed by atoms with E-state index in [1.165, 1.54) is 23.8 Å². The first-order valence-electron chi connectivity index (χ1n) is 12.1. The van der Waals surface area contributed by atoms with Gasteiger partial charge in [-0.25, -0.2) is 18.4 Å². The average Bonchev–Trinajstić information content (AvgIpc) is 3.10. The summed E-state index contributed by atoms with van der Waals surface area (Å²) >= 11 is 0. The topological polar surface area (TPSA) is 104 Å². The molecule has 0 amide bonds. The van der Waals surface area contributed by atoms with Gasteiger partial charge < -0.3 is 4.74 Å². The zero-order valence-corrected chi connectivity index (χ0v) is 20.2. The Kier molecular flexibility index (Phi) is 5.37. The number of primary sulfonamides is 1. The molecule has 2 N–H and O–H groups in total. The van der Waals surface area contributed by atoms with Crippen LogP contribution in [0.15, 0.2) is 40.8 Å². The minimum atomic E-state index is -3.88. The molecule has 1 aromatic carbocycles. The van der Waals surface area contributed by atoms with Gasteiger partial charge in [0.15, 0.2) is 5.78 Å². The fourth-order valence-corrected chi connectivity index (χ4v) is 8.26. The summed E-state index contributed by atoms with van der Waals surface area (Å²) in [6.45, 7) is 4.65. The Balaban J connectivity index is 1.35. The first kappa shape index (κ1) is 22.8. The second-order valence-corrected chi connectivity index (χ2v) is 12.6. The van der Waals surface area contributed by atoms with E-state index in [0.717, 1.165) is 44.9 Å². The number of fused-ring (bicyclic) bond motifs is 5. The zero-order chi connectivity index (χ0) is 23.6. The third-order valence-corrected chi connectivity index (χ3v) is 10.4. The van der Waals surface area contributed by atoms with Crippen LogP contribution in [0.4, 0.5) is 0 Å². The Bertz CT molecular complexity index is 1140. The standard InChI is InChI=1S/C26H33NO5S/c1-25-12-10-18(28)15-17(25)6-7-20-21-8-9-23(26(21,2)13-11-22(20)25)32-24(29)16-4-3-5-19(14-16)33(27,30)31/h3-5,14-15,20-23H,6-13H2,1-2H3,(H2,27,30,31)/t20?,21?,22?,23-,25-,26-/m0/s1. The van der Waals surface area contributed by atoms with Crippen LogP contribution in [0.1, 0.15) is 75.6 Å². The average molecular weight is 472 g/mol. The van der Waals surface area contributed by atoms with Gasteiger partial charge in [-0.1, -0.05) is 25.5 Å². The fraction of sp³-hybridized carbons (Fsp3) is 0.615. The molecule has 33 heavy (non-hydrogen) atoms. The Hall–Kier alpha value is -1.99. The monoisotopic (exact) mass is 471 g/mol. The van der Waals surface area contributed by atoms with E-state index in [4.69, 9.17) is 9.88 Å². The van der Waals surface area contributed by atoms with Gasteiger partial charge in [0.25, 0.3) is 0 Å². The van der Waals surface area contributed by atoms with Crippen molar-refractivity contribution in [3.05, 3.63) is 41.5 Å². The van der Waals surface area contributed by atoms with Crippen LogP contribution < -0.4 is 5.14 Å². The van der Waals surface area contributed by atoms with Gasteiger partial charge in [-0.3, -0.25) is 4.79 Å². The van der Waals surface area contributed by atoms with Gasteiger partial charge in [0.05, 0.1) is 10.5 Å². The van der Waals surface area contributed by atoms with Crippen molar-refractivity contribution in [2.45, 2.75) is 76.2 Å². The van der Waals surface area contributed by atoms with Gasteiger partial charge in [-0.15, -0.1) is 0 Å². The van der Waals surface area contributed by atoms with E-state index in [0.29, 0.717) is 24.2 Å². The van der Waals surface area contributed by atoms with Gasteiger partial charge in [0.2, 0.25) is 10.0 Å². The lowest BCUT2D eigenvalue weighted by Gasteiger charge is -2.57. The molecular formula is C26H33NO5S. The minimum Gasteiger partial charge on any atom is -0.458 e. The highest BCUT2D eigenvalue weighted by atomic mass is 32.2. The van der Waals surface area contributed by atoms with Crippen LogP contribution in [0.25, 0.3) is 0 Å². The summed E-state index contributed by atoms with van der Waals surface area (Å²) in [5.41, 5.74) is 1.63. The highest BCUT2D eigenvalue weighted by Crippen LogP contribution is 2.65. The number of carbonyl (C=O) groups is 2. The van der Waals surface area contributed by atoms with Crippen LogP contribution in [0, 0.1) is 28.6 Å². The number of benzene rings is 1. The largest absolute Gasteiger partial charge is 0.458 e. The van der Waals surface area contributed by atoms with Gasteiger partial charge in [0, 0.05) is 11.8 Å². The number of ether oxygens (including phenoxy) is 1. The van der Waals surface area contributed by atoms with Crippen molar-refractivity contribution in [3.8, 4) is 0 Å². The molecule has 3 unspecified atom stereocenters. The summed E-state index contributed by atoms with van der Waals surface area (Å²) in [5, 5.41) is 5.22. The molecule has 1 aromatic rings. The number of hydrogen-bond acceptors (Lipinski definition) is 5. The number of esters is 1. The van der Waals surface area contributed by atoms with Crippen LogP contribution in [0.5, 0.6) is 0 Å². The summed E-state index contributed by atoms with van der Waals surface area (Å²) in [4.78, 5) is 24.9. The summed E-state index contributed by atoms with van der Waals surface area (Å²) in [7, 11) is -3.88. The molecule has 0 saturated heterocycles. The van der Waals surface area contributed by atoms with Gasteiger partial charge in [-0.05, 0) is 92.4 Å². The first-order chi connectivity index (χ1) is 15.5. The van der Waals surface area contributed by atoms with E-state index in [9.17, 15) is 18.0 Å². The van der Waals surface area contributed by atoms with Crippen molar-refractivity contribution in [3.63, 3.8) is 0 Å². The van der Waals surface area contributed by atoms with E-state index < -0.39 is 16.0 Å². The molecule has 0 bridgehead atoms. The molecule has 0 spiro atoms. The van der Waals surface area contributed by atoms with E-state index in [1.54, 1.807) is 6.07 Å². The molecular weight excluding hydrogens is 438 g/mol. The van der Waals surface area contributed by atoms with Gasteiger partial charge in [-0.2, -0.15) is 0 Å². The molecule has 4 aliphatic carbocycles. The van der Waals surface area contributed by atoms with Crippen molar-refractivity contribution in [1.82, 2.24) is 0 Å². The van der Waals surface area contributed by atoms with Crippen molar-refractivity contribution in [2.75, 3.05) is 0 Å². The number of hydrogen-bond donors (Lipinski definition) is 1. The van der Waals surface area contributed by atoms with Crippen LogP contribution in [-0.4, -0.2) is 26.3 Å². The summed E-state index contributed by atoms with van der Waals surface area (Å²) in [5.74, 6) is 1.47. The molecule has 3 fully saturated rings. The number of ketones is 1. The molecule has 7 heteroatoms. The summed E-state index contributed by atoms with van der Waals surface area (Å²) in [6, 6.07) is 5.77. The molecule has 4 aliphatic rings. The Labute approximate surface area is 196 Å². The second kappa shape index (κ2) is 7.77. The maximum atomic E-state index is 13.0. The van der Waals surface area contributed by atoms with Crippen LogP contribution >= 0.6 is 0 Å². The van der Waals surface area contributed by atoms with E-state index >= 15 is 0 Å². The lowest BCUT2D eigenvalue weighted by Crippen LogP contribution is -2.51. The Morgan fingerprint density at radius 1 is 1.06 bits per heavy atom. The maximum Gasteiger partial charge on any atom is 0.338 e. The first-order valence-corrected chi connectivity index (χ1v) is 13.6. The molecule has 178 valence electrons. The molecule has 6 nitrogen and oxygen atoms in total. The predicted molar refractivity (Wildman–Crippen MR) is 124 cm³/mol. The molecule has 6 atom stereocenters. The fourth-order valence-electron chi connectivity index (χ4n) is 7.70. The maximum absolute atomic E-state index is 13.0. The smallest absolute Gasteiger partial charge is 0.338 e. The molecule has 3 saturated carbocycles. The third kappa shape index (κ3) is 3.68. The van der Waals surface area contributed by atoms with Crippen LogP contribution in [-0.2, 0) is 19.6 Å². The second-order valence-electron chi connectivity index (χ2n) is 11.1. The van der Waals surface area contributed by atoms with E-state index in [2.05, 4.69) is 13.8 Å². The number of nitrogens with two attached hydrogens (primary N) is 1. The SMILES string of the molecule is C[C@]12CCC(=O)C=C1CCC1C2CC[C@@]2(C)C1CC[C@@H]2OC(=O)c1cccc(S(N)(=O)=O)c1. The molecule has 0 aromatic heterocycles. The zero-order valence-electron chi connectivity index (χ0n) is 19.4. The highest BCUT2D eigenvalue weighted by Gasteiger charge is 2.60. The van der Waals surface area contributed by atoms with Gasteiger partial charge >= 0.3 is 5.97 Å². The Morgan fingerprint density at radius 2 is 1.85 bits per heavy atom. The number of sulfonamides is 1. The molecule has 5 rings (SSSR count). The lowest BCUT2D eigenvalue weighted by molar-refractivity contribution is -0.118.